The summed E-state index contributed by atoms with van der Waals surface area (Å²) in [6.07, 6.45) is 0. The fourth-order valence-corrected chi connectivity index (χ4v) is 1.12. The Morgan fingerprint density at radius 3 is 2.17 bits per heavy atom. The molecule has 12 heavy (non-hydrogen) atoms. The molecule has 0 aliphatic rings. The average Bonchev–Trinajstić information content (AvgIpc) is 2.05. The van der Waals surface area contributed by atoms with Crippen molar-refractivity contribution >= 4 is 25.6 Å². The summed E-state index contributed by atoms with van der Waals surface area (Å²) in [4.78, 5) is 0. The number of hydrogen-bond acceptors (Lipinski definition) is 2. The molecule has 0 fully saturated rings. The van der Waals surface area contributed by atoms with Gasteiger partial charge in [0.1, 0.15) is 0 Å². The quantitative estimate of drug-likeness (QED) is 0.492. The van der Waals surface area contributed by atoms with Crippen LogP contribution in [0.25, 0.3) is 0 Å². The molecule has 1 aromatic rings. The molecule has 58 valence electrons. The number of benzene rings is 1. The third kappa shape index (κ3) is 4.16. The molecule has 1 rings (SSSR count). The van der Waals surface area contributed by atoms with Crippen molar-refractivity contribution in [3.05, 3.63) is 29.8 Å². The van der Waals surface area contributed by atoms with Gasteiger partial charge in [0.2, 0.25) is 0 Å². The number of ether oxygens (including phenoxy) is 1. The van der Waals surface area contributed by atoms with Crippen molar-refractivity contribution in [2.24, 2.45) is 0 Å². The Balaban J connectivity index is 0.00000121. The predicted molar refractivity (Wildman–Crippen MR) is 42.9 cm³/mol. The molecule has 0 aliphatic heterocycles. The van der Waals surface area contributed by atoms with E-state index in [-0.39, 0.29) is 72.6 Å². The van der Waals surface area contributed by atoms with E-state index in [2.05, 4.69) is 0 Å². The Kier molecular flexibility index (Phi) is 7.79. The van der Waals surface area contributed by atoms with E-state index in [4.69, 9.17) is 4.74 Å². The summed E-state index contributed by atoms with van der Waals surface area (Å²) in [5.41, 5.74) is 0.718. The van der Waals surface area contributed by atoms with Gasteiger partial charge in [-0.25, -0.2) is 0 Å². The molecular weight excluding hydrogens is 389 g/mol. The first-order valence-corrected chi connectivity index (χ1v) is 4.26. The topological polar surface area (TPSA) is 32.3 Å². The van der Waals surface area contributed by atoms with Crippen molar-refractivity contribution in [3.8, 4) is 5.75 Å². The van der Waals surface area contributed by atoms with Crippen LogP contribution in [0.15, 0.2) is 24.3 Å². The second kappa shape index (κ2) is 6.91. The fraction of sp³-hybridized carbons (Fsp3) is 0.125. The Morgan fingerprint density at radius 1 is 1.33 bits per heavy atom. The maximum atomic E-state index is 10.8. The van der Waals surface area contributed by atoms with Crippen LogP contribution in [0.5, 0.6) is 5.75 Å². The van der Waals surface area contributed by atoms with E-state index in [9.17, 15) is 5.11 Å². The van der Waals surface area contributed by atoms with E-state index < -0.39 is 0 Å². The SMILES string of the molecule is COc1ccc(C([O-])=[Te])cc1.[Cs+]. The van der Waals surface area contributed by atoms with Crippen molar-refractivity contribution in [3.63, 3.8) is 0 Å². The molecule has 0 unspecified atom stereocenters. The molecule has 0 saturated carbocycles. The van der Waals surface area contributed by atoms with Crippen molar-refractivity contribution < 1.29 is 78.7 Å². The van der Waals surface area contributed by atoms with E-state index in [0.717, 1.165) is 11.3 Å². The third-order valence-corrected chi connectivity index (χ3v) is 2.00. The molecule has 1 aromatic carbocycles. The summed E-state index contributed by atoms with van der Waals surface area (Å²) >= 11 is 1.47. The van der Waals surface area contributed by atoms with Gasteiger partial charge in [0.25, 0.3) is 0 Å². The maximum Gasteiger partial charge on any atom is 1.00 e. The number of hydrogen-bond donors (Lipinski definition) is 0. The fourth-order valence-electron chi connectivity index (χ4n) is 0.727. The van der Waals surface area contributed by atoms with Gasteiger partial charge in [-0.3, -0.25) is 0 Å². The molecule has 0 aromatic heterocycles. The molecule has 0 saturated heterocycles. The van der Waals surface area contributed by atoms with Crippen molar-refractivity contribution in [2.45, 2.75) is 0 Å². The second-order valence-electron chi connectivity index (χ2n) is 2.02. The zero-order valence-corrected chi connectivity index (χ0v) is 15.6. The molecule has 0 heterocycles. The molecule has 0 spiro atoms. The van der Waals surface area contributed by atoms with E-state index in [1.54, 1.807) is 31.4 Å². The first-order valence-electron chi connectivity index (χ1n) is 3.09. The Hall–Kier alpha value is 1.53. The van der Waals surface area contributed by atoms with Crippen LogP contribution >= 0.6 is 0 Å². The summed E-state index contributed by atoms with van der Waals surface area (Å²) < 4.78 is 5.02. The zero-order chi connectivity index (χ0) is 8.27. The molecule has 0 atom stereocenters. The minimum absolute atomic E-state index is 0. The second-order valence-corrected chi connectivity index (χ2v) is 3.07. The van der Waals surface area contributed by atoms with Gasteiger partial charge in [0.15, 0.2) is 0 Å². The van der Waals surface area contributed by atoms with Crippen LogP contribution in [0.3, 0.4) is 0 Å². The van der Waals surface area contributed by atoms with Gasteiger partial charge in [-0.1, -0.05) is 0 Å². The molecule has 2 nitrogen and oxygen atoms in total. The smallest absolute Gasteiger partial charge is 1.00 e. The van der Waals surface area contributed by atoms with Crippen molar-refractivity contribution in [1.29, 1.82) is 0 Å². The summed E-state index contributed by atoms with van der Waals surface area (Å²) in [5, 5.41) is 10.8. The van der Waals surface area contributed by atoms with Crippen LogP contribution in [0.1, 0.15) is 5.56 Å². The van der Waals surface area contributed by atoms with Gasteiger partial charge < -0.3 is 0 Å². The van der Waals surface area contributed by atoms with Crippen LogP contribution in [0, 0.1) is 0 Å². The van der Waals surface area contributed by atoms with E-state index in [1.807, 2.05) is 0 Å². The number of methoxy groups -OCH3 is 1. The molecular formula is C8H7CsO2Te. The Bertz CT molecular complexity index is 258. The van der Waals surface area contributed by atoms with Gasteiger partial charge in [-0.15, -0.1) is 0 Å². The molecule has 0 N–H and O–H groups in total. The first-order chi connectivity index (χ1) is 5.24. The van der Waals surface area contributed by atoms with Crippen LogP contribution in [-0.4, -0.2) is 32.7 Å². The van der Waals surface area contributed by atoms with E-state index in [0.29, 0.717) is 0 Å². The monoisotopic (exact) mass is 398 g/mol. The number of rotatable bonds is 2. The third-order valence-electron chi connectivity index (χ3n) is 1.33. The van der Waals surface area contributed by atoms with E-state index in [1.165, 1.54) is 21.8 Å². The maximum absolute atomic E-state index is 10.8. The predicted octanol–water partition coefficient (Wildman–Crippen LogP) is -3.29. The molecule has 0 aliphatic carbocycles. The largest absolute Gasteiger partial charge is 1.00 e. The Morgan fingerprint density at radius 2 is 1.83 bits per heavy atom. The summed E-state index contributed by atoms with van der Waals surface area (Å²) in [6, 6.07) is 7.06. The van der Waals surface area contributed by atoms with Gasteiger partial charge in [0, 0.05) is 0 Å². The van der Waals surface area contributed by atoms with Crippen molar-refractivity contribution in [2.75, 3.05) is 7.11 Å². The van der Waals surface area contributed by atoms with Gasteiger partial charge in [-0.2, -0.15) is 0 Å². The molecule has 4 heteroatoms. The average molecular weight is 396 g/mol. The van der Waals surface area contributed by atoms with Gasteiger partial charge in [0.05, 0.1) is 0 Å². The van der Waals surface area contributed by atoms with Crippen molar-refractivity contribution in [1.82, 2.24) is 0 Å². The molecule has 0 amide bonds. The molecule has 0 bridgehead atoms. The van der Waals surface area contributed by atoms with Gasteiger partial charge >= 0.3 is 147 Å². The summed E-state index contributed by atoms with van der Waals surface area (Å²) in [7, 11) is 1.60. The minimum Gasteiger partial charge on any atom is 1.00 e. The van der Waals surface area contributed by atoms with Gasteiger partial charge in [-0.05, 0) is 0 Å². The minimum atomic E-state index is 0. The standard InChI is InChI=1S/C8H8O2Te.Cs/c1-10-7-4-2-6(3-5-7)8(9)11;/h2-5H,1H3,(H,9,11);/q;+1/p-1. The zero-order valence-electron chi connectivity index (χ0n) is 7.03. The normalized spacial score (nSPS) is 8.42. The van der Waals surface area contributed by atoms with Crippen LogP contribution in [0.2, 0.25) is 0 Å². The van der Waals surface area contributed by atoms with Crippen LogP contribution in [-0.2, 0) is 0 Å². The Labute approximate surface area is 144 Å². The van der Waals surface area contributed by atoms with Crippen LogP contribution in [0.4, 0.5) is 0 Å². The molecule has 0 radical (unpaired) electrons. The van der Waals surface area contributed by atoms with E-state index >= 15 is 0 Å². The van der Waals surface area contributed by atoms with Crippen LogP contribution < -0.4 is 78.7 Å². The summed E-state index contributed by atoms with van der Waals surface area (Å²) in [6.45, 7) is 0. The first kappa shape index (κ1) is 13.5. The summed E-state index contributed by atoms with van der Waals surface area (Å²) in [5.74, 6) is 0.774.